The Hall–Kier alpha value is -2.27. The molecule has 0 atom stereocenters. The van der Waals surface area contributed by atoms with Crippen molar-refractivity contribution in [3.63, 3.8) is 0 Å². The summed E-state index contributed by atoms with van der Waals surface area (Å²) in [4.78, 5) is 5.06. The summed E-state index contributed by atoms with van der Waals surface area (Å²) >= 11 is 1.30. The Kier molecular flexibility index (Phi) is 3.20. The summed E-state index contributed by atoms with van der Waals surface area (Å²) in [6, 6.07) is 12.2. The standard InChI is InChI=1S/C15H10F2N2S/c16-11-6-4-9(5-7-11)14-13(19-15(18)20-14)10-2-1-3-12(17)8-10/h1-8H,(H2,18,19). The summed E-state index contributed by atoms with van der Waals surface area (Å²) in [6.07, 6.45) is 0. The second kappa shape index (κ2) is 5.02. The zero-order valence-corrected chi connectivity index (χ0v) is 11.1. The highest BCUT2D eigenvalue weighted by Gasteiger charge is 2.14. The Morgan fingerprint density at radius 3 is 2.35 bits per heavy atom. The third-order valence-electron chi connectivity index (χ3n) is 2.85. The van der Waals surface area contributed by atoms with E-state index in [1.807, 2.05) is 0 Å². The molecule has 0 saturated carbocycles. The van der Waals surface area contributed by atoms with E-state index in [1.54, 1.807) is 24.3 Å². The summed E-state index contributed by atoms with van der Waals surface area (Å²) in [5, 5.41) is 0.392. The fourth-order valence-electron chi connectivity index (χ4n) is 1.97. The number of nitrogens with two attached hydrogens (primary N) is 1. The summed E-state index contributed by atoms with van der Waals surface area (Å²) in [6.45, 7) is 0. The second-order valence-corrected chi connectivity index (χ2v) is 5.28. The highest BCUT2D eigenvalue weighted by Crippen LogP contribution is 2.38. The van der Waals surface area contributed by atoms with Gasteiger partial charge in [-0.15, -0.1) is 0 Å². The molecule has 0 radical (unpaired) electrons. The van der Waals surface area contributed by atoms with Crippen LogP contribution in [0.5, 0.6) is 0 Å². The van der Waals surface area contributed by atoms with Gasteiger partial charge in [0.15, 0.2) is 5.13 Å². The Bertz CT molecular complexity index is 751. The fraction of sp³-hybridized carbons (Fsp3) is 0. The Morgan fingerprint density at radius 2 is 1.65 bits per heavy atom. The summed E-state index contributed by atoms with van der Waals surface area (Å²) in [7, 11) is 0. The molecule has 0 bridgehead atoms. The van der Waals surface area contributed by atoms with Crippen molar-refractivity contribution in [3.05, 3.63) is 60.2 Å². The minimum atomic E-state index is -0.334. The molecule has 0 spiro atoms. The van der Waals surface area contributed by atoms with Gasteiger partial charge in [0.2, 0.25) is 0 Å². The predicted molar refractivity (Wildman–Crippen MR) is 77.3 cm³/mol. The van der Waals surface area contributed by atoms with Crippen LogP contribution in [0.1, 0.15) is 0 Å². The quantitative estimate of drug-likeness (QED) is 0.762. The number of aromatic nitrogens is 1. The molecule has 0 aliphatic rings. The number of halogens is 2. The van der Waals surface area contributed by atoms with Gasteiger partial charge < -0.3 is 5.73 Å². The molecule has 0 unspecified atom stereocenters. The first kappa shape index (κ1) is 12.7. The van der Waals surface area contributed by atoms with E-state index >= 15 is 0 Å². The molecule has 5 heteroatoms. The molecule has 0 aliphatic carbocycles. The molecule has 0 aliphatic heterocycles. The van der Waals surface area contributed by atoms with Crippen molar-refractivity contribution in [1.29, 1.82) is 0 Å². The van der Waals surface area contributed by atoms with Crippen LogP contribution in [0.15, 0.2) is 48.5 Å². The molecule has 2 aromatic carbocycles. The number of anilines is 1. The average Bonchev–Trinajstić information content (AvgIpc) is 2.82. The lowest BCUT2D eigenvalue weighted by Crippen LogP contribution is -1.85. The van der Waals surface area contributed by atoms with Crippen LogP contribution < -0.4 is 5.73 Å². The van der Waals surface area contributed by atoms with Crippen molar-refractivity contribution in [3.8, 4) is 21.7 Å². The number of rotatable bonds is 2. The van der Waals surface area contributed by atoms with Crippen LogP contribution in [0.3, 0.4) is 0 Å². The normalized spacial score (nSPS) is 10.7. The number of hydrogen-bond acceptors (Lipinski definition) is 3. The van der Waals surface area contributed by atoms with E-state index in [1.165, 1.54) is 35.6 Å². The summed E-state index contributed by atoms with van der Waals surface area (Å²) in [5.74, 6) is -0.641. The molecule has 3 aromatic rings. The van der Waals surface area contributed by atoms with Gasteiger partial charge in [-0.05, 0) is 29.8 Å². The van der Waals surface area contributed by atoms with Crippen LogP contribution in [0.25, 0.3) is 21.7 Å². The van der Waals surface area contributed by atoms with E-state index in [0.29, 0.717) is 16.4 Å². The molecule has 3 rings (SSSR count). The van der Waals surface area contributed by atoms with Gasteiger partial charge in [0.1, 0.15) is 11.6 Å². The maximum absolute atomic E-state index is 13.3. The lowest BCUT2D eigenvalue weighted by Gasteiger charge is -2.03. The number of nitrogen functional groups attached to an aromatic ring is 1. The SMILES string of the molecule is Nc1nc(-c2cccc(F)c2)c(-c2ccc(F)cc2)s1. The lowest BCUT2D eigenvalue weighted by atomic mass is 10.1. The Morgan fingerprint density at radius 1 is 0.900 bits per heavy atom. The predicted octanol–water partition coefficient (Wildman–Crippen LogP) is 4.34. The van der Waals surface area contributed by atoms with Crippen LogP contribution in [0.4, 0.5) is 13.9 Å². The van der Waals surface area contributed by atoms with Crippen molar-refractivity contribution in [2.45, 2.75) is 0 Å². The highest BCUT2D eigenvalue weighted by molar-refractivity contribution is 7.19. The third kappa shape index (κ3) is 2.40. The topological polar surface area (TPSA) is 38.9 Å². The van der Waals surface area contributed by atoms with E-state index in [0.717, 1.165) is 10.4 Å². The Balaban J connectivity index is 2.15. The largest absolute Gasteiger partial charge is 0.375 e. The van der Waals surface area contributed by atoms with Crippen molar-refractivity contribution in [1.82, 2.24) is 4.98 Å². The molecule has 1 heterocycles. The van der Waals surface area contributed by atoms with Crippen molar-refractivity contribution < 1.29 is 8.78 Å². The zero-order chi connectivity index (χ0) is 14.1. The fourth-order valence-corrected chi connectivity index (χ4v) is 2.83. The average molecular weight is 288 g/mol. The molecule has 0 fully saturated rings. The highest BCUT2D eigenvalue weighted by atomic mass is 32.1. The molecule has 2 nitrogen and oxygen atoms in total. The molecule has 100 valence electrons. The van der Waals surface area contributed by atoms with E-state index < -0.39 is 0 Å². The third-order valence-corrected chi connectivity index (χ3v) is 3.78. The van der Waals surface area contributed by atoms with E-state index in [2.05, 4.69) is 4.98 Å². The molecule has 1 aromatic heterocycles. The second-order valence-electron chi connectivity index (χ2n) is 4.25. The molecule has 20 heavy (non-hydrogen) atoms. The minimum Gasteiger partial charge on any atom is -0.375 e. The van der Waals surface area contributed by atoms with Gasteiger partial charge >= 0.3 is 0 Å². The van der Waals surface area contributed by atoms with Crippen molar-refractivity contribution >= 4 is 16.5 Å². The number of nitrogens with zero attached hydrogens (tertiary/aromatic N) is 1. The van der Waals surface area contributed by atoms with Crippen molar-refractivity contribution in [2.24, 2.45) is 0 Å². The zero-order valence-electron chi connectivity index (χ0n) is 10.3. The summed E-state index contributed by atoms with van der Waals surface area (Å²) < 4.78 is 26.3. The van der Waals surface area contributed by atoms with Crippen LogP contribution in [-0.4, -0.2) is 4.98 Å². The van der Waals surface area contributed by atoms with Gasteiger partial charge in [0, 0.05) is 5.56 Å². The lowest BCUT2D eigenvalue weighted by molar-refractivity contribution is 0.628. The van der Waals surface area contributed by atoms with Crippen LogP contribution in [0, 0.1) is 11.6 Å². The maximum Gasteiger partial charge on any atom is 0.181 e. The minimum absolute atomic E-state index is 0.307. The van der Waals surface area contributed by atoms with Gasteiger partial charge in [0.25, 0.3) is 0 Å². The van der Waals surface area contributed by atoms with Crippen molar-refractivity contribution in [2.75, 3.05) is 5.73 Å². The molecular weight excluding hydrogens is 278 g/mol. The van der Waals surface area contributed by atoms with Gasteiger partial charge in [-0.25, -0.2) is 13.8 Å². The van der Waals surface area contributed by atoms with Crippen LogP contribution in [-0.2, 0) is 0 Å². The van der Waals surface area contributed by atoms with Crippen LogP contribution >= 0.6 is 11.3 Å². The molecule has 0 amide bonds. The number of benzene rings is 2. The van der Waals surface area contributed by atoms with Gasteiger partial charge in [-0.3, -0.25) is 0 Å². The first-order valence-electron chi connectivity index (χ1n) is 5.91. The van der Waals surface area contributed by atoms with Crippen LogP contribution in [0.2, 0.25) is 0 Å². The first-order chi connectivity index (χ1) is 9.63. The Labute approximate surface area is 118 Å². The van der Waals surface area contributed by atoms with Gasteiger partial charge in [0.05, 0.1) is 10.6 Å². The molecular formula is C15H10F2N2S. The first-order valence-corrected chi connectivity index (χ1v) is 6.73. The van der Waals surface area contributed by atoms with E-state index in [9.17, 15) is 8.78 Å². The molecule has 2 N–H and O–H groups in total. The van der Waals surface area contributed by atoms with Gasteiger partial charge in [-0.1, -0.05) is 35.6 Å². The number of thiazole rings is 1. The monoisotopic (exact) mass is 288 g/mol. The number of hydrogen-bond donors (Lipinski definition) is 1. The maximum atomic E-state index is 13.3. The van der Waals surface area contributed by atoms with Gasteiger partial charge in [-0.2, -0.15) is 0 Å². The van der Waals surface area contributed by atoms with E-state index in [-0.39, 0.29) is 11.6 Å². The summed E-state index contributed by atoms with van der Waals surface area (Å²) in [5.41, 5.74) is 7.83. The smallest absolute Gasteiger partial charge is 0.181 e. The molecule has 0 saturated heterocycles. The van der Waals surface area contributed by atoms with E-state index in [4.69, 9.17) is 5.73 Å².